The number of halogens is 4. The maximum atomic E-state index is 13.6. The molecule has 12 heteroatoms. The number of Topliss-reactive ketones (excluding diaryl/α,β-unsaturated/α-hetero) is 1. The molecule has 0 aromatic heterocycles. The molecular formula is C36H39I4NO7. The first kappa shape index (κ1) is 37.2. The third-order valence-electron chi connectivity index (χ3n) is 11.7. The highest BCUT2D eigenvalue weighted by molar-refractivity contribution is 14.1. The number of phenols is 1. The van der Waals surface area contributed by atoms with Crippen LogP contribution in [0, 0.1) is 48.8 Å². The van der Waals surface area contributed by atoms with E-state index in [0.717, 1.165) is 44.8 Å². The van der Waals surface area contributed by atoms with Crippen LogP contribution in [-0.2, 0) is 25.5 Å². The van der Waals surface area contributed by atoms with E-state index < -0.39 is 18.1 Å². The van der Waals surface area contributed by atoms with Gasteiger partial charge in [0.2, 0.25) is 0 Å². The van der Waals surface area contributed by atoms with Crippen molar-refractivity contribution in [3.8, 4) is 17.2 Å². The Labute approximate surface area is 335 Å². The van der Waals surface area contributed by atoms with Gasteiger partial charge in [0.1, 0.15) is 24.1 Å². The molecule has 6 rings (SSSR count). The number of aliphatic hydroxyl groups excluding tert-OH is 1. The molecule has 48 heavy (non-hydrogen) atoms. The van der Waals surface area contributed by atoms with Crippen LogP contribution >= 0.6 is 90.4 Å². The number of esters is 1. The van der Waals surface area contributed by atoms with Crippen LogP contribution in [0.5, 0.6) is 17.2 Å². The van der Waals surface area contributed by atoms with E-state index in [9.17, 15) is 24.6 Å². The zero-order chi connectivity index (χ0) is 34.7. The minimum atomic E-state index is -0.937. The van der Waals surface area contributed by atoms with Crippen LogP contribution < -0.4 is 10.5 Å². The van der Waals surface area contributed by atoms with Crippen LogP contribution in [0.25, 0.3) is 0 Å². The summed E-state index contributed by atoms with van der Waals surface area (Å²) in [5, 5.41) is 21.7. The van der Waals surface area contributed by atoms with Gasteiger partial charge >= 0.3 is 5.97 Å². The summed E-state index contributed by atoms with van der Waals surface area (Å²) in [5.41, 5.74) is 7.81. The van der Waals surface area contributed by atoms with Gasteiger partial charge in [0, 0.05) is 12.3 Å². The Morgan fingerprint density at radius 1 is 1.00 bits per heavy atom. The second kappa shape index (κ2) is 14.5. The number of benzene rings is 2. The van der Waals surface area contributed by atoms with Gasteiger partial charge in [-0.1, -0.05) is 19.4 Å². The van der Waals surface area contributed by atoms with E-state index >= 15 is 0 Å². The number of carbonyl (C=O) groups is 3. The summed E-state index contributed by atoms with van der Waals surface area (Å²) in [5.74, 6) is 1.43. The zero-order valence-electron chi connectivity index (χ0n) is 26.7. The summed E-state index contributed by atoms with van der Waals surface area (Å²) < 4.78 is 14.8. The number of ether oxygens (including phenoxy) is 2. The number of allylic oxidation sites excluding steroid dienone is 1. The van der Waals surface area contributed by atoms with Gasteiger partial charge in [-0.3, -0.25) is 14.4 Å². The monoisotopic (exact) mass is 1100 g/mol. The molecule has 2 aromatic carbocycles. The van der Waals surface area contributed by atoms with E-state index in [-0.39, 0.29) is 53.0 Å². The Kier molecular flexibility index (Phi) is 11.2. The lowest BCUT2D eigenvalue weighted by atomic mass is 9.46. The van der Waals surface area contributed by atoms with Gasteiger partial charge in [0.05, 0.1) is 20.4 Å². The van der Waals surface area contributed by atoms with E-state index in [2.05, 4.69) is 104 Å². The third-order valence-corrected chi connectivity index (χ3v) is 14.9. The van der Waals surface area contributed by atoms with Crippen molar-refractivity contribution in [3.05, 3.63) is 55.8 Å². The largest absolute Gasteiger partial charge is 0.506 e. The molecule has 0 bridgehead atoms. The predicted octanol–water partition coefficient (Wildman–Crippen LogP) is 7.70. The van der Waals surface area contributed by atoms with Crippen LogP contribution in [-0.4, -0.2) is 46.5 Å². The number of ketones is 2. The van der Waals surface area contributed by atoms with E-state index in [0.29, 0.717) is 43.3 Å². The van der Waals surface area contributed by atoms with Crippen LogP contribution in [0.2, 0.25) is 0 Å². The molecule has 0 aliphatic heterocycles. The molecule has 4 aliphatic rings. The SMILES string of the molecule is C[C@]12C[C@H](O)[C@H]3[C@@H](CCC4=CC(=O)CC[C@@]43C)[C@@H]1CC[C@@H]2C(=O)COC(=O)[C@@H](N)Cc1cc(I)c(Oc2cc(I)c(O)c(I)c2)c(I)c1. The molecule has 8 nitrogen and oxygen atoms in total. The smallest absolute Gasteiger partial charge is 0.323 e. The van der Waals surface area contributed by atoms with Crippen LogP contribution in [0.4, 0.5) is 0 Å². The predicted molar refractivity (Wildman–Crippen MR) is 215 cm³/mol. The third kappa shape index (κ3) is 6.97. The lowest BCUT2D eigenvalue weighted by Gasteiger charge is -2.59. The van der Waals surface area contributed by atoms with Gasteiger partial charge in [0.25, 0.3) is 0 Å². The quantitative estimate of drug-likeness (QED) is 0.181. The number of aliphatic hydroxyl groups is 1. The van der Waals surface area contributed by atoms with Crippen molar-refractivity contribution in [1.29, 1.82) is 0 Å². The minimum Gasteiger partial charge on any atom is -0.506 e. The van der Waals surface area contributed by atoms with Crippen molar-refractivity contribution in [2.45, 2.75) is 77.4 Å². The van der Waals surface area contributed by atoms with E-state index in [4.69, 9.17) is 15.2 Å². The number of hydrogen-bond donors (Lipinski definition) is 3. The molecule has 8 atom stereocenters. The second-order valence-electron chi connectivity index (χ2n) is 14.4. The van der Waals surface area contributed by atoms with Crippen molar-refractivity contribution < 1.29 is 34.1 Å². The zero-order valence-corrected chi connectivity index (χ0v) is 35.4. The average Bonchev–Trinajstić information content (AvgIpc) is 3.36. The molecule has 3 fully saturated rings. The Balaban J connectivity index is 1.07. The van der Waals surface area contributed by atoms with Crippen LogP contribution in [0.15, 0.2) is 35.9 Å². The minimum absolute atomic E-state index is 0.0961. The highest BCUT2D eigenvalue weighted by atomic mass is 127. The molecule has 258 valence electrons. The van der Waals surface area contributed by atoms with Crippen LogP contribution in [0.1, 0.15) is 64.4 Å². The Morgan fingerprint density at radius 2 is 1.67 bits per heavy atom. The first-order chi connectivity index (χ1) is 22.6. The Morgan fingerprint density at radius 3 is 2.33 bits per heavy atom. The number of nitrogens with two attached hydrogens (primary N) is 1. The fraction of sp³-hybridized carbons (Fsp3) is 0.528. The van der Waals surface area contributed by atoms with E-state index in [1.807, 2.05) is 18.2 Å². The van der Waals surface area contributed by atoms with Crippen molar-refractivity contribution in [1.82, 2.24) is 0 Å². The number of hydrogen-bond acceptors (Lipinski definition) is 8. The maximum Gasteiger partial charge on any atom is 0.323 e. The maximum absolute atomic E-state index is 13.6. The number of phenolic OH excluding ortho intramolecular Hbond substituents is 1. The van der Waals surface area contributed by atoms with Crippen molar-refractivity contribution >= 4 is 108 Å². The van der Waals surface area contributed by atoms with Gasteiger partial charge in [-0.05, 0) is 200 Å². The summed E-state index contributed by atoms with van der Waals surface area (Å²) in [6.45, 7) is 4.07. The highest BCUT2D eigenvalue weighted by Gasteiger charge is 2.63. The number of carbonyl (C=O) groups excluding carboxylic acids is 3. The molecule has 0 heterocycles. The van der Waals surface area contributed by atoms with Crippen molar-refractivity contribution in [2.75, 3.05) is 6.61 Å². The lowest BCUT2D eigenvalue weighted by molar-refractivity contribution is -0.156. The first-order valence-electron chi connectivity index (χ1n) is 16.3. The number of aromatic hydroxyl groups is 1. The standard InChI is InChI=1S/C36H39I4NO7/c1-35-8-7-19(42)12-18(35)3-4-21-22-5-6-23(36(22,2)15-29(43)31(21)35)30(44)16-47-34(46)28(41)11-17-9-26(39)33(27(40)10-17)48-20-13-24(37)32(45)25(38)14-20/h9-10,12-14,21-23,28-29,31,43,45H,3-8,11,15-16,41H2,1-2H3/t21-,22-,23+,28-,29-,31+,35-,36-/m0/s1. The molecule has 3 saturated carbocycles. The Hall–Kier alpha value is -0.570. The topological polar surface area (TPSA) is 136 Å². The number of fused-ring (bicyclic) bond motifs is 5. The molecule has 0 unspecified atom stereocenters. The average molecular weight is 1110 g/mol. The molecule has 0 amide bonds. The molecule has 0 saturated heterocycles. The summed E-state index contributed by atoms with van der Waals surface area (Å²) in [7, 11) is 0. The molecule has 2 aromatic rings. The summed E-state index contributed by atoms with van der Waals surface area (Å²) >= 11 is 8.52. The molecule has 0 radical (unpaired) electrons. The second-order valence-corrected chi connectivity index (χ2v) is 19.1. The fourth-order valence-electron chi connectivity index (χ4n) is 9.45. The van der Waals surface area contributed by atoms with Crippen LogP contribution in [0.3, 0.4) is 0 Å². The Bertz CT molecular complexity index is 1650. The normalized spacial score (nSPS) is 31.6. The van der Waals surface area contributed by atoms with Gasteiger partial charge in [0.15, 0.2) is 17.3 Å². The molecule has 4 N–H and O–H groups in total. The van der Waals surface area contributed by atoms with Gasteiger partial charge < -0.3 is 25.4 Å². The van der Waals surface area contributed by atoms with E-state index in [1.165, 1.54) is 5.57 Å². The van der Waals surface area contributed by atoms with Crippen molar-refractivity contribution in [3.63, 3.8) is 0 Å². The molecule has 0 spiro atoms. The van der Waals surface area contributed by atoms with Gasteiger partial charge in [-0.25, -0.2) is 0 Å². The summed E-state index contributed by atoms with van der Waals surface area (Å²) in [4.78, 5) is 38.8. The molecule has 4 aliphatic carbocycles. The first-order valence-corrected chi connectivity index (χ1v) is 20.6. The van der Waals surface area contributed by atoms with Gasteiger partial charge in [-0.2, -0.15) is 0 Å². The summed E-state index contributed by atoms with van der Waals surface area (Å²) in [6, 6.07) is 6.45. The number of rotatable bonds is 8. The lowest BCUT2D eigenvalue weighted by Crippen LogP contribution is -2.57. The van der Waals surface area contributed by atoms with E-state index in [1.54, 1.807) is 12.1 Å². The highest BCUT2D eigenvalue weighted by Crippen LogP contribution is 2.66. The molecular weight excluding hydrogens is 1070 g/mol. The van der Waals surface area contributed by atoms with Crippen molar-refractivity contribution in [2.24, 2.45) is 40.2 Å². The summed E-state index contributed by atoms with van der Waals surface area (Å²) in [6.07, 6.45) is 6.86. The fourth-order valence-corrected chi connectivity index (χ4v) is 13.3. The van der Waals surface area contributed by atoms with Gasteiger partial charge in [-0.15, -0.1) is 0 Å².